The van der Waals surface area contributed by atoms with Crippen molar-refractivity contribution < 1.29 is 32.4 Å². The smallest absolute Gasteiger partial charge is 0.423 e. The molecule has 0 unspecified atom stereocenters. The van der Waals surface area contributed by atoms with E-state index in [4.69, 9.17) is 9.47 Å². The second-order valence-corrected chi connectivity index (χ2v) is 10.9. The number of carbonyl (C=O) groups excluding carboxylic acids is 1. The van der Waals surface area contributed by atoms with Gasteiger partial charge < -0.3 is 19.3 Å². The highest BCUT2D eigenvalue weighted by Gasteiger charge is 2.39. The quantitative estimate of drug-likeness (QED) is 0.282. The molecule has 224 valence electrons. The van der Waals surface area contributed by atoms with Crippen LogP contribution in [0.2, 0.25) is 0 Å². The Kier molecular flexibility index (Phi) is 9.95. The van der Waals surface area contributed by atoms with Gasteiger partial charge in [0.1, 0.15) is 23.2 Å². The number of nitro benzene ring substituents is 1. The normalized spacial score (nSPS) is 17.1. The molecule has 0 atom stereocenters. The summed E-state index contributed by atoms with van der Waals surface area (Å²) >= 11 is 0. The van der Waals surface area contributed by atoms with Crippen molar-refractivity contribution in [1.29, 1.82) is 0 Å². The molecule has 2 heterocycles. The van der Waals surface area contributed by atoms with Crippen LogP contribution in [0.25, 0.3) is 0 Å². The molecule has 2 aliphatic rings. The SMILES string of the molecule is CC(C)COc1ccc(N2CCN(CCC(=O)N3CCC(Oc4ccc([N+](=O)[O-])c(C(F)(F)F)c4)CC3)CC2)cc1. The van der Waals surface area contributed by atoms with Gasteiger partial charge in [-0.15, -0.1) is 0 Å². The molecule has 0 aromatic heterocycles. The van der Waals surface area contributed by atoms with E-state index >= 15 is 0 Å². The van der Waals surface area contributed by atoms with E-state index in [2.05, 4.69) is 35.8 Å². The summed E-state index contributed by atoms with van der Waals surface area (Å²) < 4.78 is 51.2. The zero-order chi connectivity index (χ0) is 29.6. The Hall–Kier alpha value is -3.54. The molecule has 2 saturated heterocycles. The van der Waals surface area contributed by atoms with Gasteiger partial charge in [-0.1, -0.05) is 13.8 Å². The molecule has 0 radical (unpaired) electrons. The summed E-state index contributed by atoms with van der Waals surface area (Å²) in [6.45, 7) is 9.99. The zero-order valence-corrected chi connectivity index (χ0v) is 23.4. The summed E-state index contributed by atoms with van der Waals surface area (Å²) in [5.41, 5.74) is -1.18. The number of piperazine rings is 1. The molecule has 0 bridgehead atoms. The highest BCUT2D eigenvalue weighted by atomic mass is 19.4. The summed E-state index contributed by atoms with van der Waals surface area (Å²) in [6.07, 6.45) is -3.87. The van der Waals surface area contributed by atoms with Crippen molar-refractivity contribution in [1.82, 2.24) is 9.80 Å². The number of nitrogens with zero attached hydrogens (tertiary/aromatic N) is 4. The first-order chi connectivity index (χ1) is 19.5. The van der Waals surface area contributed by atoms with E-state index in [-0.39, 0.29) is 17.8 Å². The van der Waals surface area contributed by atoms with Crippen LogP contribution in [-0.4, -0.2) is 79.2 Å². The van der Waals surface area contributed by atoms with Gasteiger partial charge in [-0.2, -0.15) is 13.2 Å². The molecule has 0 aliphatic carbocycles. The minimum Gasteiger partial charge on any atom is -0.493 e. The predicted octanol–water partition coefficient (Wildman–Crippen LogP) is 5.23. The van der Waals surface area contributed by atoms with Crippen molar-refractivity contribution in [2.45, 2.75) is 45.4 Å². The van der Waals surface area contributed by atoms with Gasteiger partial charge in [-0.25, -0.2) is 0 Å². The Morgan fingerprint density at radius 1 is 1.00 bits per heavy atom. The van der Waals surface area contributed by atoms with Crippen LogP contribution in [-0.2, 0) is 11.0 Å². The molecular weight excluding hydrogens is 541 g/mol. The summed E-state index contributed by atoms with van der Waals surface area (Å²) in [4.78, 5) is 29.1. The molecule has 2 aromatic rings. The van der Waals surface area contributed by atoms with Crippen molar-refractivity contribution >= 4 is 17.3 Å². The lowest BCUT2D eigenvalue weighted by Gasteiger charge is -2.37. The molecule has 1 amide bonds. The fourth-order valence-electron chi connectivity index (χ4n) is 5.05. The Morgan fingerprint density at radius 3 is 2.22 bits per heavy atom. The summed E-state index contributed by atoms with van der Waals surface area (Å²) in [5, 5.41) is 11.0. The van der Waals surface area contributed by atoms with Crippen LogP contribution in [0.4, 0.5) is 24.5 Å². The molecule has 0 saturated carbocycles. The number of rotatable bonds is 10. The van der Waals surface area contributed by atoms with Gasteiger partial charge >= 0.3 is 6.18 Å². The second kappa shape index (κ2) is 13.4. The maximum absolute atomic E-state index is 13.3. The number of anilines is 1. The minimum absolute atomic E-state index is 0.0533. The van der Waals surface area contributed by atoms with Gasteiger partial charge in [0, 0.05) is 76.8 Å². The Balaban J connectivity index is 1.17. The van der Waals surface area contributed by atoms with E-state index in [1.807, 2.05) is 12.1 Å². The third-order valence-corrected chi connectivity index (χ3v) is 7.37. The second-order valence-electron chi connectivity index (χ2n) is 10.9. The average Bonchev–Trinajstić information content (AvgIpc) is 2.95. The number of benzene rings is 2. The van der Waals surface area contributed by atoms with Crippen molar-refractivity contribution in [3.8, 4) is 11.5 Å². The van der Waals surface area contributed by atoms with Crippen molar-refractivity contribution in [2.75, 3.05) is 57.3 Å². The van der Waals surface area contributed by atoms with Gasteiger partial charge in [0.25, 0.3) is 5.69 Å². The summed E-state index contributed by atoms with van der Waals surface area (Å²) in [5.74, 6) is 1.33. The zero-order valence-electron chi connectivity index (χ0n) is 23.4. The Labute approximate surface area is 237 Å². The number of carbonyl (C=O) groups is 1. The van der Waals surface area contributed by atoms with Crippen LogP contribution >= 0.6 is 0 Å². The van der Waals surface area contributed by atoms with E-state index in [1.165, 1.54) is 6.07 Å². The van der Waals surface area contributed by atoms with Crippen LogP contribution in [0, 0.1) is 16.0 Å². The lowest BCUT2D eigenvalue weighted by atomic mass is 10.1. The molecule has 12 heteroatoms. The molecule has 2 aliphatic heterocycles. The van der Waals surface area contributed by atoms with Gasteiger partial charge in [-0.05, 0) is 42.3 Å². The van der Waals surface area contributed by atoms with Crippen molar-refractivity contribution in [3.05, 3.63) is 58.1 Å². The highest BCUT2D eigenvalue weighted by molar-refractivity contribution is 5.76. The van der Waals surface area contributed by atoms with Gasteiger partial charge in [-0.3, -0.25) is 19.8 Å². The number of alkyl halides is 3. The van der Waals surface area contributed by atoms with Crippen LogP contribution in [0.1, 0.15) is 38.7 Å². The molecule has 9 nitrogen and oxygen atoms in total. The molecule has 41 heavy (non-hydrogen) atoms. The number of piperidine rings is 1. The van der Waals surface area contributed by atoms with Crippen LogP contribution in [0.3, 0.4) is 0 Å². The number of amides is 1. The number of nitro groups is 1. The van der Waals surface area contributed by atoms with Crippen molar-refractivity contribution in [3.63, 3.8) is 0 Å². The fraction of sp³-hybridized carbons (Fsp3) is 0.552. The fourth-order valence-corrected chi connectivity index (χ4v) is 5.05. The molecule has 2 fully saturated rings. The van der Waals surface area contributed by atoms with Gasteiger partial charge in [0.05, 0.1) is 11.5 Å². The first-order valence-electron chi connectivity index (χ1n) is 14.0. The first-order valence-corrected chi connectivity index (χ1v) is 14.0. The summed E-state index contributed by atoms with van der Waals surface area (Å²) in [6, 6.07) is 10.8. The highest BCUT2D eigenvalue weighted by Crippen LogP contribution is 2.38. The number of hydrogen-bond donors (Lipinski definition) is 0. The maximum atomic E-state index is 13.3. The molecule has 0 N–H and O–H groups in total. The molecule has 4 rings (SSSR count). The van der Waals surface area contributed by atoms with Crippen LogP contribution in [0.5, 0.6) is 11.5 Å². The lowest BCUT2D eigenvalue weighted by Crippen LogP contribution is -2.48. The Morgan fingerprint density at radius 2 is 1.63 bits per heavy atom. The molecular formula is C29H37F3N4O5. The summed E-state index contributed by atoms with van der Waals surface area (Å²) in [7, 11) is 0. The Bertz CT molecular complexity index is 1180. The predicted molar refractivity (Wildman–Crippen MR) is 148 cm³/mol. The third kappa shape index (κ3) is 8.48. The van der Waals surface area contributed by atoms with E-state index in [1.54, 1.807) is 4.90 Å². The monoisotopic (exact) mass is 578 g/mol. The van der Waals surface area contributed by atoms with Crippen molar-refractivity contribution in [2.24, 2.45) is 5.92 Å². The standard InChI is InChI=1S/C29H37F3N4O5/c1-21(2)20-40-23-5-3-22(4-6-23)34-17-15-33(16-18-34)12-11-28(37)35-13-9-24(10-14-35)41-25-7-8-27(36(38)39)26(19-25)29(30,31)32/h3-8,19,21,24H,9-18,20H2,1-2H3. The average molecular weight is 579 g/mol. The van der Waals surface area contributed by atoms with Gasteiger partial charge in [0.2, 0.25) is 5.91 Å². The number of halogens is 3. The topological polar surface area (TPSA) is 88.4 Å². The van der Waals surface area contributed by atoms with E-state index < -0.39 is 22.4 Å². The number of ether oxygens (including phenoxy) is 2. The number of hydrogen-bond acceptors (Lipinski definition) is 7. The van der Waals surface area contributed by atoms with Gasteiger partial charge in [0.15, 0.2) is 0 Å². The largest absolute Gasteiger partial charge is 0.493 e. The minimum atomic E-state index is -4.86. The van der Waals surface area contributed by atoms with E-state index in [0.717, 1.165) is 43.7 Å². The third-order valence-electron chi connectivity index (χ3n) is 7.37. The lowest BCUT2D eigenvalue weighted by molar-refractivity contribution is -0.388. The van der Waals surface area contributed by atoms with Crippen LogP contribution in [0.15, 0.2) is 42.5 Å². The van der Waals surface area contributed by atoms with E-state index in [9.17, 15) is 28.1 Å². The first kappa shape index (κ1) is 30.4. The van der Waals surface area contributed by atoms with E-state index in [0.29, 0.717) is 57.5 Å². The van der Waals surface area contributed by atoms with Crippen LogP contribution < -0.4 is 14.4 Å². The maximum Gasteiger partial charge on any atom is 0.423 e. The molecule has 2 aromatic carbocycles. The number of likely N-dealkylation sites (tertiary alicyclic amines) is 1. The molecule has 0 spiro atoms.